The molecular formula is C23H17F6N5O5S. The van der Waals surface area contributed by atoms with Crippen LogP contribution in [0.1, 0.15) is 19.4 Å². The van der Waals surface area contributed by atoms with Crippen molar-refractivity contribution in [1.29, 1.82) is 0 Å². The molecule has 0 spiro atoms. The number of hydrogen-bond acceptors (Lipinski definition) is 7. The van der Waals surface area contributed by atoms with Crippen LogP contribution in [0, 0.1) is 0 Å². The van der Waals surface area contributed by atoms with Gasteiger partial charge < -0.3 is 10.1 Å². The molecule has 3 aromatic heterocycles. The topological polar surface area (TPSA) is 125 Å². The molecule has 0 saturated heterocycles. The number of benzene rings is 1. The van der Waals surface area contributed by atoms with Crippen molar-refractivity contribution in [3.8, 4) is 22.7 Å². The number of alkyl halides is 6. The van der Waals surface area contributed by atoms with E-state index in [1.165, 1.54) is 6.92 Å². The summed E-state index contributed by atoms with van der Waals surface area (Å²) in [4.78, 5) is 28.0. The lowest BCUT2D eigenvalue weighted by Crippen LogP contribution is -2.23. The third-order valence-corrected chi connectivity index (χ3v) is 7.17. The molecule has 4 aromatic rings. The smallest absolute Gasteiger partial charge is 0.404 e. The second-order valence-corrected chi connectivity index (χ2v) is 10.5. The quantitative estimate of drug-likeness (QED) is 0.334. The van der Waals surface area contributed by atoms with E-state index in [-0.39, 0.29) is 22.5 Å². The maximum atomic E-state index is 13.1. The summed E-state index contributed by atoms with van der Waals surface area (Å²) in [6.45, 7) is 2.35. The molecule has 0 unspecified atom stereocenters. The fourth-order valence-corrected chi connectivity index (χ4v) is 4.66. The number of fused-ring (bicyclic) bond motifs is 1. The minimum absolute atomic E-state index is 0.0529. The molecule has 0 aliphatic heterocycles. The van der Waals surface area contributed by atoms with Crippen LogP contribution in [0.5, 0.6) is 5.75 Å². The normalized spacial score (nSPS) is 12.5. The molecular weight excluding hydrogens is 572 g/mol. The summed E-state index contributed by atoms with van der Waals surface area (Å²) in [6, 6.07) is 5.86. The number of aromatic nitrogens is 4. The van der Waals surface area contributed by atoms with Gasteiger partial charge in [-0.3, -0.25) is 4.79 Å². The van der Waals surface area contributed by atoms with Crippen molar-refractivity contribution in [1.82, 2.24) is 19.2 Å². The fourth-order valence-electron chi connectivity index (χ4n) is 3.63. The minimum atomic E-state index is -5.07. The maximum Gasteiger partial charge on any atom is 0.573 e. The van der Waals surface area contributed by atoms with E-state index in [0.717, 1.165) is 43.5 Å². The molecule has 1 N–H and O–H groups in total. The third kappa shape index (κ3) is 5.78. The van der Waals surface area contributed by atoms with Gasteiger partial charge in [0.05, 0.1) is 17.0 Å². The van der Waals surface area contributed by atoms with Gasteiger partial charge in [-0.2, -0.15) is 17.9 Å². The lowest BCUT2D eigenvalue weighted by atomic mass is 10.1. The average molecular weight is 589 g/mol. The summed E-state index contributed by atoms with van der Waals surface area (Å²) >= 11 is 0. The van der Waals surface area contributed by atoms with Gasteiger partial charge in [-0.05, 0) is 35.9 Å². The van der Waals surface area contributed by atoms with Gasteiger partial charge in [0.1, 0.15) is 4.90 Å². The molecule has 0 aliphatic rings. The molecule has 0 atom stereocenters. The zero-order valence-corrected chi connectivity index (χ0v) is 21.1. The van der Waals surface area contributed by atoms with E-state index < -0.39 is 61.8 Å². The highest BCUT2D eigenvalue weighted by Gasteiger charge is 2.33. The molecule has 0 aliphatic carbocycles. The predicted octanol–water partition coefficient (Wildman–Crippen LogP) is 4.22. The van der Waals surface area contributed by atoms with Crippen LogP contribution in [0.3, 0.4) is 0 Å². The largest absolute Gasteiger partial charge is 0.573 e. The Hall–Kier alpha value is -4.41. The highest BCUT2D eigenvalue weighted by atomic mass is 32.2. The number of halogens is 6. The molecule has 4 rings (SSSR count). The summed E-state index contributed by atoms with van der Waals surface area (Å²) in [5, 5.41) is 6.11. The van der Waals surface area contributed by atoms with Crippen molar-refractivity contribution < 1.29 is 44.3 Å². The first-order valence-corrected chi connectivity index (χ1v) is 12.7. The third-order valence-electron chi connectivity index (χ3n) is 5.44. The Bertz CT molecular complexity index is 1790. The molecule has 3 heterocycles. The van der Waals surface area contributed by atoms with E-state index in [1.54, 1.807) is 0 Å². The van der Waals surface area contributed by atoms with Crippen molar-refractivity contribution >= 4 is 27.1 Å². The fraction of sp³-hybridized carbons (Fsp3) is 0.217. The van der Waals surface area contributed by atoms with Crippen LogP contribution in [0.4, 0.5) is 32.0 Å². The summed E-state index contributed by atoms with van der Waals surface area (Å²) in [5.74, 6) is -2.42. The highest BCUT2D eigenvalue weighted by molar-refractivity contribution is 7.91. The molecule has 1 aromatic carbocycles. The monoisotopic (exact) mass is 589 g/mol. The Balaban J connectivity index is 1.89. The van der Waals surface area contributed by atoms with Gasteiger partial charge in [-0.1, -0.05) is 13.0 Å². The van der Waals surface area contributed by atoms with E-state index in [2.05, 4.69) is 20.1 Å². The number of ether oxygens (including phenoxy) is 1. The van der Waals surface area contributed by atoms with Crippen molar-refractivity contribution in [2.75, 3.05) is 11.1 Å². The van der Waals surface area contributed by atoms with Gasteiger partial charge in [-0.25, -0.2) is 22.6 Å². The van der Waals surface area contributed by atoms with E-state index in [4.69, 9.17) is 0 Å². The van der Waals surface area contributed by atoms with Gasteiger partial charge in [0.2, 0.25) is 5.91 Å². The summed E-state index contributed by atoms with van der Waals surface area (Å²) in [7, 11) is -4.15. The second kappa shape index (κ2) is 9.96. The van der Waals surface area contributed by atoms with Crippen LogP contribution in [0.2, 0.25) is 0 Å². The van der Waals surface area contributed by atoms with Gasteiger partial charge in [0, 0.05) is 24.9 Å². The second-order valence-electron chi connectivity index (χ2n) is 8.23. The molecule has 1 amide bonds. The lowest BCUT2D eigenvalue weighted by molar-refractivity contribution is -0.274. The zero-order valence-electron chi connectivity index (χ0n) is 20.3. The van der Waals surface area contributed by atoms with Crippen molar-refractivity contribution in [3.63, 3.8) is 0 Å². The number of carbonyl (C=O) groups excluding carboxylic acids is 1. The molecule has 212 valence electrons. The maximum absolute atomic E-state index is 13.1. The van der Waals surface area contributed by atoms with Crippen molar-refractivity contribution in [2.45, 2.75) is 31.3 Å². The number of amides is 1. The Morgan fingerprint density at radius 3 is 2.35 bits per heavy atom. The summed E-state index contributed by atoms with van der Waals surface area (Å²) in [6.07, 6.45) is -8.23. The standard InChI is InChI=1S/C23H17F6N5O5S/c1-3-40(37,38)18-9-14(13-4-6-17(39-23(27,28)29)16(8-13)31-12(2)35)10-30-20(18)34-21(36)33-11-15(22(24,25)26)5-7-19(33)32-34/h4-11H,3H2,1-2H3,(H,31,35). The number of anilines is 1. The minimum Gasteiger partial charge on any atom is -0.404 e. The Morgan fingerprint density at radius 2 is 1.75 bits per heavy atom. The van der Waals surface area contributed by atoms with Crippen LogP contribution in [-0.2, 0) is 20.8 Å². The van der Waals surface area contributed by atoms with Crippen LogP contribution < -0.4 is 15.7 Å². The molecule has 0 saturated carbocycles. The summed E-state index contributed by atoms with van der Waals surface area (Å²) < 4.78 is 109. The van der Waals surface area contributed by atoms with Crippen LogP contribution in [0.25, 0.3) is 22.6 Å². The molecule has 0 bridgehead atoms. The first-order chi connectivity index (χ1) is 18.5. The zero-order chi connectivity index (χ0) is 29.6. The lowest BCUT2D eigenvalue weighted by Gasteiger charge is -2.15. The Labute approximate surface area is 220 Å². The first kappa shape index (κ1) is 28.6. The van der Waals surface area contributed by atoms with Crippen molar-refractivity contribution in [3.05, 3.63) is 64.8 Å². The average Bonchev–Trinajstić information content (AvgIpc) is 3.18. The van der Waals surface area contributed by atoms with Gasteiger partial charge in [0.15, 0.2) is 27.1 Å². The number of pyridine rings is 2. The van der Waals surface area contributed by atoms with Crippen LogP contribution >= 0.6 is 0 Å². The number of nitrogens with one attached hydrogen (secondary N) is 1. The predicted molar refractivity (Wildman–Crippen MR) is 128 cm³/mol. The SMILES string of the molecule is CCS(=O)(=O)c1cc(-c2ccc(OC(F)(F)F)c(NC(C)=O)c2)cnc1-n1nc2ccc(C(F)(F)F)cn2c1=O. The molecule has 10 nitrogen and oxygen atoms in total. The molecule has 0 fully saturated rings. The van der Waals surface area contributed by atoms with Crippen molar-refractivity contribution in [2.24, 2.45) is 0 Å². The van der Waals surface area contributed by atoms with Crippen LogP contribution in [-0.4, -0.2) is 45.6 Å². The van der Waals surface area contributed by atoms with E-state index in [9.17, 15) is 44.3 Å². The number of carbonyl (C=O) groups is 1. The number of sulfone groups is 1. The van der Waals surface area contributed by atoms with E-state index in [1.807, 2.05) is 0 Å². The van der Waals surface area contributed by atoms with Gasteiger partial charge in [-0.15, -0.1) is 18.3 Å². The van der Waals surface area contributed by atoms with Gasteiger partial charge in [0.25, 0.3) is 0 Å². The molecule has 17 heteroatoms. The molecule has 0 radical (unpaired) electrons. The Morgan fingerprint density at radius 1 is 1.05 bits per heavy atom. The highest BCUT2D eigenvalue weighted by Crippen LogP contribution is 2.35. The number of hydrogen-bond donors (Lipinski definition) is 1. The van der Waals surface area contributed by atoms with E-state index >= 15 is 0 Å². The number of nitrogens with zero attached hydrogens (tertiary/aromatic N) is 4. The summed E-state index contributed by atoms with van der Waals surface area (Å²) in [5.41, 5.74) is -2.69. The van der Waals surface area contributed by atoms with Gasteiger partial charge >= 0.3 is 18.2 Å². The number of rotatable bonds is 6. The first-order valence-electron chi connectivity index (χ1n) is 11.1. The van der Waals surface area contributed by atoms with E-state index in [0.29, 0.717) is 21.3 Å². The Kier molecular flexibility index (Phi) is 7.12. The van der Waals surface area contributed by atoms with Crippen LogP contribution in [0.15, 0.2) is 58.5 Å². The molecule has 40 heavy (non-hydrogen) atoms.